The Bertz CT molecular complexity index is 564. The van der Waals surface area contributed by atoms with Gasteiger partial charge in [0.1, 0.15) is 12.3 Å². The number of halogens is 1. The molecule has 1 heterocycles. The van der Waals surface area contributed by atoms with Crippen LogP contribution in [0.1, 0.15) is 38.4 Å². The number of hydrogen-bond donors (Lipinski definition) is 2. The van der Waals surface area contributed by atoms with Gasteiger partial charge in [0.05, 0.1) is 6.26 Å². The molecule has 1 aliphatic rings. The van der Waals surface area contributed by atoms with E-state index < -0.39 is 0 Å². The van der Waals surface area contributed by atoms with Crippen molar-refractivity contribution >= 4 is 47.6 Å². The number of likely N-dealkylation sites (N-methyl/N-ethyl adjacent to an activating group) is 1. The zero-order valence-corrected chi connectivity index (χ0v) is 19.7. The Morgan fingerprint density at radius 3 is 2.89 bits per heavy atom. The monoisotopic (exact) mass is 508 g/mol. The van der Waals surface area contributed by atoms with E-state index in [4.69, 9.17) is 4.42 Å². The molecule has 1 amide bonds. The van der Waals surface area contributed by atoms with E-state index in [0.717, 1.165) is 48.5 Å². The molecule has 1 aromatic heterocycles. The van der Waals surface area contributed by atoms with E-state index in [1.807, 2.05) is 23.9 Å². The fraction of sp³-hybridized carbons (Fsp3) is 0.684. The minimum absolute atomic E-state index is 0. The number of nitrogens with zero attached hydrogens (tertiary/aromatic N) is 2. The molecule has 2 rings (SSSR count). The molecule has 8 heteroatoms. The summed E-state index contributed by atoms with van der Waals surface area (Å²) in [4.78, 5) is 17.9. The highest BCUT2D eigenvalue weighted by molar-refractivity contribution is 14.0. The topological polar surface area (TPSA) is 69.9 Å². The van der Waals surface area contributed by atoms with Gasteiger partial charge in [-0.3, -0.25) is 4.79 Å². The Kier molecular flexibility index (Phi) is 11.9. The maximum atomic E-state index is 11.9. The number of rotatable bonds is 8. The first-order valence-electron chi connectivity index (χ1n) is 9.47. The van der Waals surface area contributed by atoms with Crippen molar-refractivity contribution in [3.63, 3.8) is 0 Å². The SMILES string of the molecule is CCSC1CCCC(NC(=NCC(=O)N(C)C)NCCc2ccco2)C1.I. The van der Waals surface area contributed by atoms with Crippen molar-refractivity contribution in [2.24, 2.45) is 4.99 Å². The lowest BCUT2D eigenvalue weighted by molar-refractivity contribution is -0.127. The average molecular weight is 508 g/mol. The lowest BCUT2D eigenvalue weighted by atomic mass is 9.95. The first kappa shape index (κ1) is 24.1. The number of carbonyl (C=O) groups is 1. The number of guanidine groups is 1. The molecule has 0 saturated heterocycles. The van der Waals surface area contributed by atoms with E-state index in [0.29, 0.717) is 6.04 Å². The highest BCUT2D eigenvalue weighted by atomic mass is 127. The largest absolute Gasteiger partial charge is 0.469 e. The summed E-state index contributed by atoms with van der Waals surface area (Å²) in [5.41, 5.74) is 0. The van der Waals surface area contributed by atoms with Gasteiger partial charge < -0.3 is 20.0 Å². The van der Waals surface area contributed by atoms with Crippen LogP contribution in [-0.4, -0.2) is 61.0 Å². The number of carbonyl (C=O) groups excluding carboxylic acids is 1. The summed E-state index contributed by atoms with van der Waals surface area (Å²) in [6, 6.07) is 4.28. The van der Waals surface area contributed by atoms with E-state index in [9.17, 15) is 4.79 Å². The van der Waals surface area contributed by atoms with Gasteiger partial charge in [0.2, 0.25) is 5.91 Å². The van der Waals surface area contributed by atoms with E-state index in [-0.39, 0.29) is 36.4 Å². The molecule has 0 radical (unpaired) electrons. The number of aliphatic imine (C=N–C) groups is 1. The number of hydrogen-bond acceptors (Lipinski definition) is 4. The van der Waals surface area contributed by atoms with Crippen LogP contribution in [0, 0.1) is 0 Å². The molecule has 0 spiro atoms. The van der Waals surface area contributed by atoms with Crippen molar-refractivity contribution in [2.45, 2.75) is 50.3 Å². The molecule has 1 saturated carbocycles. The molecule has 2 N–H and O–H groups in total. The molecule has 0 bridgehead atoms. The van der Waals surface area contributed by atoms with Gasteiger partial charge in [-0.15, -0.1) is 24.0 Å². The molecule has 2 atom stereocenters. The molecule has 2 unspecified atom stereocenters. The predicted molar refractivity (Wildman–Crippen MR) is 124 cm³/mol. The molecule has 0 aromatic carbocycles. The quantitative estimate of drug-likeness (QED) is 0.321. The van der Waals surface area contributed by atoms with Gasteiger partial charge in [0, 0.05) is 38.4 Å². The maximum Gasteiger partial charge on any atom is 0.243 e. The first-order chi connectivity index (χ1) is 12.6. The zero-order chi connectivity index (χ0) is 18.8. The Hall–Kier alpha value is -0.900. The molecule has 1 aromatic rings. The summed E-state index contributed by atoms with van der Waals surface area (Å²) in [6.07, 6.45) is 7.32. The molecule has 1 aliphatic carbocycles. The normalized spacial score (nSPS) is 19.9. The highest BCUT2D eigenvalue weighted by Crippen LogP contribution is 2.28. The lowest BCUT2D eigenvalue weighted by Crippen LogP contribution is -2.46. The minimum Gasteiger partial charge on any atom is -0.469 e. The number of nitrogens with one attached hydrogen (secondary N) is 2. The Morgan fingerprint density at radius 1 is 1.41 bits per heavy atom. The fourth-order valence-corrected chi connectivity index (χ4v) is 4.23. The lowest BCUT2D eigenvalue weighted by Gasteiger charge is -2.30. The van der Waals surface area contributed by atoms with Gasteiger partial charge in [-0.1, -0.05) is 13.3 Å². The fourth-order valence-electron chi connectivity index (χ4n) is 3.06. The summed E-state index contributed by atoms with van der Waals surface area (Å²) in [5, 5.41) is 7.61. The van der Waals surface area contributed by atoms with Crippen LogP contribution in [-0.2, 0) is 11.2 Å². The molecule has 27 heavy (non-hydrogen) atoms. The summed E-state index contributed by atoms with van der Waals surface area (Å²) in [6.45, 7) is 3.09. The third-order valence-corrected chi connectivity index (χ3v) is 5.72. The maximum absolute atomic E-state index is 11.9. The van der Waals surface area contributed by atoms with E-state index in [2.05, 4.69) is 22.5 Å². The van der Waals surface area contributed by atoms with E-state index in [1.54, 1.807) is 25.3 Å². The van der Waals surface area contributed by atoms with Crippen LogP contribution in [0.3, 0.4) is 0 Å². The van der Waals surface area contributed by atoms with Crippen molar-refractivity contribution < 1.29 is 9.21 Å². The van der Waals surface area contributed by atoms with Crippen molar-refractivity contribution in [2.75, 3.05) is 32.9 Å². The van der Waals surface area contributed by atoms with Crippen LogP contribution in [0.25, 0.3) is 0 Å². The second kappa shape index (κ2) is 13.3. The van der Waals surface area contributed by atoms with Gasteiger partial charge in [0.15, 0.2) is 5.96 Å². The third kappa shape index (κ3) is 9.23. The third-order valence-electron chi connectivity index (χ3n) is 4.48. The summed E-state index contributed by atoms with van der Waals surface area (Å²) < 4.78 is 5.37. The summed E-state index contributed by atoms with van der Waals surface area (Å²) >= 11 is 2.05. The predicted octanol–water partition coefficient (Wildman–Crippen LogP) is 3.13. The minimum atomic E-state index is 0. The second-order valence-electron chi connectivity index (χ2n) is 6.79. The van der Waals surface area contributed by atoms with Crippen LogP contribution in [0.2, 0.25) is 0 Å². The second-order valence-corrected chi connectivity index (χ2v) is 8.37. The van der Waals surface area contributed by atoms with Crippen molar-refractivity contribution in [1.82, 2.24) is 15.5 Å². The Balaban J connectivity index is 0.00000364. The van der Waals surface area contributed by atoms with Crippen LogP contribution < -0.4 is 10.6 Å². The molecule has 6 nitrogen and oxygen atoms in total. The van der Waals surface area contributed by atoms with Crippen molar-refractivity contribution in [3.8, 4) is 0 Å². The van der Waals surface area contributed by atoms with Crippen molar-refractivity contribution in [3.05, 3.63) is 24.2 Å². The zero-order valence-electron chi connectivity index (χ0n) is 16.6. The molecule has 0 aliphatic heterocycles. The average Bonchev–Trinajstić information content (AvgIpc) is 3.13. The standard InChI is InChI=1S/C19H32N4O2S.HI/c1-4-26-17-9-5-7-15(13-17)22-19(21-14-18(24)23(2)3)20-11-10-16-8-6-12-25-16;/h6,8,12,15,17H,4-5,7,9-11,13-14H2,1-3H3,(H2,20,21,22);1H. The molecule has 1 fully saturated rings. The van der Waals surface area contributed by atoms with E-state index in [1.165, 1.54) is 12.8 Å². The van der Waals surface area contributed by atoms with Crippen LogP contribution in [0.15, 0.2) is 27.8 Å². The number of thioether (sulfide) groups is 1. The van der Waals surface area contributed by atoms with Crippen LogP contribution in [0.5, 0.6) is 0 Å². The van der Waals surface area contributed by atoms with Gasteiger partial charge in [-0.05, 0) is 37.1 Å². The van der Waals surface area contributed by atoms with Crippen LogP contribution in [0.4, 0.5) is 0 Å². The first-order valence-corrected chi connectivity index (χ1v) is 10.5. The summed E-state index contributed by atoms with van der Waals surface area (Å²) in [7, 11) is 3.51. The Morgan fingerprint density at radius 2 is 2.22 bits per heavy atom. The van der Waals surface area contributed by atoms with Gasteiger partial charge in [-0.25, -0.2) is 4.99 Å². The highest BCUT2D eigenvalue weighted by Gasteiger charge is 2.22. The molecular weight excluding hydrogens is 475 g/mol. The number of amides is 1. The van der Waals surface area contributed by atoms with Crippen molar-refractivity contribution in [1.29, 1.82) is 0 Å². The van der Waals surface area contributed by atoms with Gasteiger partial charge >= 0.3 is 0 Å². The van der Waals surface area contributed by atoms with Gasteiger partial charge in [-0.2, -0.15) is 11.8 Å². The molecular formula is C19H33IN4O2S. The summed E-state index contributed by atoms with van der Waals surface area (Å²) in [5.74, 6) is 2.83. The number of furan rings is 1. The van der Waals surface area contributed by atoms with E-state index >= 15 is 0 Å². The Labute approximate surface area is 184 Å². The smallest absolute Gasteiger partial charge is 0.243 e. The van der Waals surface area contributed by atoms with Gasteiger partial charge in [0.25, 0.3) is 0 Å². The molecule has 154 valence electrons. The van der Waals surface area contributed by atoms with Crippen LogP contribution >= 0.6 is 35.7 Å².